The average molecular weight is 629 g/mol. The van der Waals surface area contributed by atoms with E-state index >= 15 is 0 Å². The number of anilines is 1. The number of aromatic nitrogens is 4. The Bertz CT molecular complexity index is 1860. The van der Waals surface area contributed by atoms with E-state index in [9.17, 15) is 27.6 Å². The van der Waals surface area contributed by atoms with Gasteiger partial charge in [-0.1, -0.05) is 23.8 Å². The SMILES string of the molecule is CC(C)=CCn1c(N2CCCC(NC(=O)OC(C)(C)C)C2)nc2c1c(=O)n(CC(=O)c1cccc(S(C)(=O)=O)c1)c(=O)n2C. The van der Waals surface area contributed by atoms with Gasteiger partial charge in [-0.2, -0.15) is 4.98 Å². The Hall–Kier alpha value is -4.20. The summed E-state index contributed by atoms with van der Waals surface area (Å²) in [4.78, 5) is 59.7. The van der Waals surface area contributed by atoms with Crippen molar-refractivity contribution in [3.8, 4) is 0 Å². The number of fused-ring (bicyclic) bond motifs is 1. The molecule has 1 amide bonds. The lowest BCUT2D eigenvalue weighted by molar-refractivity contribution is 0.0499. The fraction of sp³-hybridized carbons (Fsp3) is 0.500. The number of benzene rings is 1. The highest BCUT2D eigenvalue weighted by Gasteiger charge is 2.29. The third-order valence-corrected chi connectivity index (χ3v) is 8.32. The first-order chi connectivity index (χ1) is 20.5. The van der Waals surface area contributed by atoms with Crippen LogP contribution in [0.5, 0.6) is 0 Å². The number of ketones is 1. The lowest BCUT2D eigenvalue weighted by Gasteiger charge is -2.34. The van der Waals surface area contributed by atoms with Crippen LogP contribution in [0, 0.1) is 0 Å². The van der Waals surface area contributed by atoms with Crippen LogP contribution in [-0.4, -0.2) is 70.0 Å². The number of hydrogen-bond donors (Lipinski definition) is 1. The zero-order valence-corrected chi connectivity index (χ0v) is 27.0. The first kappa shape index (κ1) is 32.7. The lowest BCUT2D eigenvalue weighted by atomic mass is 10.1. The van der Waals surface area contributed by atoms with Gasteiger partial charge >= 0.3 is 11.8 Å². The molecule has 3 aromatic rings. The smallest absolute Gasteiger partial charge is 0.407 e. The standard InChI is InChI=1S/C30H40N6O7S/c1-19(2)13-15-35-24-25(32-27(35)34-14-9-11-21(17-34)31-28(39)43-30(3,4)5)33(6)29(40)36(26(24)38)18-23(37)20-10-8-12-22(16-20)44(7,41)42/h8,10,12-13,16,21H,9,11,14-15,17-18H2,1-7H3,(H,31,39). The van der Waals surface area contributed by atoms with Crippen LogP contribution in [0.25, 0.3) is 11.2 Å². The van der Waals surface area contributed by atoms with Crippen LogP contribution < -0.4 is 21.5 Å². The Morgan fingerprint density at radius 3 is 2.50 bits per heavy atom. The summed E-state index contributed by atoms with van der Waals surface area (Å²) < 4.78 is 33.3. The van der Waals surface area contributed by atoms with Gasteiger partial charge in [0.05, 0.1) is 11.4 Å². The Labute approximate surface area is 256 Å². The van der Waals surface area contributed by atoms with Crippen LogP contribution in [0.2, 0.25) is 0 Å². The maximum atomic E-state index is 13.9. The van der Waals surface area contributed by atoms with E-state index in [4.69, 9.17) is 9.72 Å². The van der Waals surface area contributed by atoms with Crippen LogP contribution in [0.3, 0.4) is 0 Å². The molecule has 3 heterocycles. The van der Waals surface area contributed by atoms with Gasteiger partial charge < -0.3 is 19.5 Å². The molecule has 1 aliphatic rings. The summed E-state index contributed by atoms with van der Waals surface area (Å²) in [5.74, 6) is -0.123. The van der Waals surface area contributed by atoms with Crippen molar-refractivity contribution in [2.45, 2.75) is 77.1 Å². The Morgan fingerprint density at radius 1 is 1.16 bits per heavy atom. The van der Waals surface area contributed by atoms with Crippen LogP contribution in [0.4, 0.5) is 10.7 Å². The first-order valence-electron chi connectivity index (χ1n) is 14.4. The zero-order chi connectivity index (χ0) is 32.6. The molecule has 1 saturated heterocycles. The molecular weight excluding hydrogens is 588 g/mol. The number of hydrogen-bond acceptors (Lipinski definition) is 9. The van der Waals surface area contributed by atoms with Gasteiger partial charge in [-0.05, 0) is 59.6 Å². The highest BCUT2D eigenvalue weighted by Crippen LogP contribution is 2.24. The number of piperidine rings is 1. The number of nitrogens with zero attached hydrogens (tertiary/aromatic N) is 5. The summed E-state index contributed by atoms with van der Waals surface area (Å²) in [5, 5.41) is 2.92. The molecule has 1 N–H and O–H groups in total. The Balaban J connectivity index is 1.76. The third kappa shape index (κ3) is 7.29. The van der Waals surface area contributed by atoms with Crippen LogP contribution in [-0.2, 0) is 34.7 Å². The first-order valence-corrected chi connectivity index (χ1v) is 16.3. The molecular formula is C30H40N6O7S. The number of carbonyl (C=O) groups excluding carboxylic acids is 2. The molecule has 4 rings (SSSR count). The molecule has 2 aromatic heterocycles. The highest BCUT2D eigenvalue weighted by molar-refractivity contribution is 7.90. The molecule has 0 radical (unpaired) electrons. The number of sulfone groups is 1. The maximum Gasteiger partial charge on any atom is 0.407 e. The van der Waals surface area contributed by atoms with Crippen LogP contribution in [0.1, 0.15) is 57.8 Å². The molecule has 1 atom stereocenters. The van der Waals surface area contributed by atoms with Gasteiger partial charge in [-0.15, -0.1) is 0 Å². The fourth-order valence-corrected chi connectivity index (χ4v) is 5.74. The van der Waals surface area contributed by atoms with Crippen molar-refractivity contribution in [3.05, 3.63) is 62.3 Å². The van der Waals surface area contributed by atoms with E-state index < -0.39 is 45.1 Å². The number of imidazole rings is 1. The molecule has 1 unspecified atom stereocenters. The van der Waals surface area contributed by atoms with E-state index in [1.807, 2.05) is 24.8 Å². The zero-order valence-electron chi connectivity index (χ0n) is 26.2. The second-order valence-corrected chi connectivity index (χ2v) is 14.4. The number of Topliss-reactive ketones (excluding diaryl/α,β-unsaturated/α-hetero) is 1. The molecule has 1 aromatic carbocycles. The molecule has 0 bridgehead atoms. The molecule has 14 heteroatoms. The second-order valence-electron chi connectivity index (χ2n) is 12.4. The largest absolute Gasteiger partial charge is 0.444 e. The quantitative estimate of drug-likeness (QED) is 0.293. The Kier molecular flexibility index (Phi) is 9.24. The van der Waals surface area contributed by atoms with Gasteiger partial charge in [-0.3, -0.25) is 18.7 Å². The summed E-state index contributed by atoms with van der Waals surface area (Å²) >= 11 is 0. The highest BCUT2D eigenvalue weighted by atomic mass is 32.2. The molecule has 238 valence electrons. The molecule has 1 aliphatic heterocycles. The van der Waals surface area contributed by atoms with Crippen LogP contribution in [0.15, 0.2) is 50.4 Å². The van der Waals surface area contributed by atoms with Gasteiger partial charge in [0.15, 0.2) is 26.8 Å². The van der Waals surface area contributed by atoms with Crippen molar-refractivity contribution in [2.24, 2.45) is 7.05 Å². The second kappa shape index (κ2) is 12.4. The topological polar surface area (TPSA) is 155 Å². The van der Waals surface area contributed by atoms with E-state index in [0.717, 1.165) is 29.2 Å². The Morgan fingerprint density at radius 2 is 1.86 bits per heavy atom. The van der Waals surface area contributed by atoms with Gasteiger partial charge in [0.25, 0.3) is 5.56 Å². The number of amides is 1. The van der Waals surface area contributed by atoms with Gasteiger partial charge in [0.1, 0.15) is 5.60 Å². The molecule has 44 heavy (non-hydrogen) atoms. The predicted molar refractivity (Wildman–Crippen MR) is 167 cm³/mol. The summed E-state index contributed by atoms with van der Waals surface area (Å²) in [7, 11) is -2.08. The summed E-state index contributed by atoms with van der Waals surface area (Å²) in [5.41, 5.74) is -0.653. The number of carbonyl (C=O) groups is 2. The van der Waals surface area contributed by atoms with E-state index in [2.05, 4.69) is 5.32 Å². The number of allylic oxidation sites excluding steroid dienone is 2. The minimum Gasteiger partial charge on any atom is -0.444 e. The van der Waals surface area contributed by atoms with Crippen molar-refractivity contribution >= 4 is 38.8 Å². The van der Waals surface area contributed by atoms with Crippen LogP contribution >= 0.6 is 0 Å². The lowest BCUT2D eigenvalue weighted by Crippen LogP contribution is -2.49. The van der Waals surface area contributed by atoms with Crippen molar-refractivity contribution < 1.29 is 22.7 Å². The molecule has 13 nitrogen and oxygen atoms in total. The average Bonchev–Trinajstić information content (AvgIpc) is 3.31. The number of ether oxygens (including phenoxy) is 1. The monoisotopic (exact) mass is 628 g/mol. The third-order valence-electron chi connectivity index (χ3n) is 7.21. The predicted octanol–water partition coefficient (Wildman–Crippen LogP) is 2.64. The summed E-state index contributed by atoms with van der Waals surface area (Å²) in [6, 6.07) is 5.27. The number of alkyl carbamates (subject to hydrolysis) is 1. The van der Waals surface area contributed by atoms with Crippen molar-refractivity contribution in [3.63, 3.8) is 0 Å². The van der Waals surface area contributed by atoms with E-state index in [0.29, 0.717) is 19.0 Å². The molecule has 0 spiro atoms. The summed E-state index contributed by atoms with van der Waals surface area (Å²) in [6.07, 6.45) is 3.93. The normalized spacial score (nSPS) is 15.7. The molecule has 1 fully saturated rings. The minimum absolute atomic E-state index is 0.0375. The van der Waals surface area contributed by atoms with Crippen molar-refractivity contribution in [2.75, 3.05) is 24.2 Å². The maximum absolute atomic E-state index is 13.9. The van der Waals surface area contributed by atoms with Crippen molar-refractivity contribution in [1.29, 1.82) is 0 Å². The number of aryl methyl sites for hydroxylation is 1. The molecule has 0 saturated carbocycles. The molecule has 0 aliphatic carbocycles. The number of rotatable bonds is 8. The van der Waals surface area contributed by atoms with Gasteiger partial charge in [-0.25, -0.2) is 18.0 Å². The van der Waals surface area contributed by atoms with E-state index in [1.165, 1.54) is 35.9 Å². The van der Waals surface area contributed by atoms with E-state index in [1.54, 1.807) is 25.3 Å². The van der Waals surface area contributed by atoms with Gasteiger partial charge in [0.2, 0.25) is 5.95 Å². The fourth-order valence-electron chi connectivity index (χ4n) is 5.07. The van der Waals surface area contributed by atoms with E-state index in [-0.39, 0.29) is 34.2 Å². The summed E-state index contributed by atoms with van der Waals surface area (Å²) in [6.45, 7) is 9.97. The minimum atomic E-state index is -3.57. The van der Waals surface area contributed by atoms with Gasteiger partial charge in [0, 0.05) is 44.5 Å². The number of nitrogens with one attached hydrogen (secondary N) is 1. The van der Waals surface area contributed by atoms with Crippen molar-refractivity contribution in [1.82, 2.24) is 24.0 Å².